The maximum absolute atomic E-state index is 4.29. The average molecular weight is 334 g/mol. The summed E-state index contributed by atoms with van der Waals surface area (Å²) in [6.07, 6.45) is 1.90. The fraction of sp³-hybridized carbons (Fsp3) is 0.438. The normalized spacial score (nSPS) is 16.2. The summed E-state index contributed by atoms with van der Waals surface area (Å²) in [5, 5.41) is 12.9. The second kappa shape index (κ2) is 6.46. The second-order valence-electron chi connectivity index (χ2n) is 5.73. The number of aryl methyl sites for hydroxylation is 2. The monoisotopic (exact) mass is 334 g/mol. The van der Waals surface area contributed by atoms with Gasteiger partial charge in [0.05, 0.1) is 0 Å². The Hall–Kier alpha value is -1.27. The Morgan fingerprint density at radius 2 is 1.82 bits per heavy atom. The van der Waals surface area contributed by atoms with Gasteiger partial charge in [0.25, 0.3) is 0 Å². The molecule has 0 radical (unpaired) electrons. The van der Waals surface area contributed by atoms with Crippen LogP contribution in [0, 0.1) is 13.8 Å². The van der Waals surface area contributed by atoms with Crippen LogP contribution in [0.15, 0.2) is 18.3 Å². The van der Waals surface area contributed by atoms with Crippen LogP contribution < -0.4 is 10.2 Å². The Morgan fingerprint density at radius 1 is 1.14 bits per heavy atom. The first-order valence-electron chi connectivity index (χ1n) is 7.56. The molecule has 1 aromatic carbocycles. The number of anilines is 1. The number of aromatic nitrogens is 2. The number of rotatable bonds is 3. The van der Waals surface area contributed by atoms with Crippen molar-refractivity contribution in [3.05, 3.63) is 29.5 Å². The molecule has 0 amide bonds. The van der Waals surface area contributed by atoms with Gasteiger partial charge in [-0.1, -0.05) is 0 Å². The topological polar surface area (TPSA) is 44.3 Å². The Labute approximate surface area is 140 Å². The molecular weight excluding hydrogens is 313 g/mol. The van der Waals surface area contributed by atoms with Gasteiger partial charge < -0.3 is 0 Å². The second-order valence-corrected chi connectivity index (χ2v) is 6.39. The van der Waals surface area contributed by atoms with Gasteiger partial charge in [0, 0.05) is 0 Å². The van der Waals surface area contributed by atoms with Crippen LogP contribution in [-0.2, 0) is 17.0 Å². The third-order valence-corrected chi connectivity index (χ3v) is 5.17. The molecule has 0 bridgehead atoms. The van der Waals surface area contributed by atoms with Crippen LogP contribution in [0.5, 0.6) is 0 Å². The molecule has 5 nitrogen and oxygen atoms in total. The maximum atomic E-state index is 4.29. The van der Waals surface area contributed by atoms with E-state index in [4.69, 9.17) is 0 Å². The molecule has 2 heterocycles. The van der Waals surface area contributed by atoms with Gasteiger partial charge in [-0.05, 0) is 0 Å². The van der Waals surface area contributed by atoms with Gasteiger partial charge in [0.1, 0.15) is 0 Å². The number of hydrogen-bond acceptors (Lipinski definition) is 5. The molecule has 22 heavy (non-hydrogen) atoms. The summed E-state index contributed by atoms with van der Waals surface area (Å²) in [6, 6.07) is 4.37. The van der Waals surface area contributed by atoms with E-state index >= 15 is 0 Å². The molecule has 1 N–H and O–H groups in total. The summed E-state index contributed by atoms with van der Waals surface area (Å²) in [4.78, 5) is 4.78. The number of piperazine rings is 1. The number of fused-ring (bicyclic) bond motifs is 1. The van der Waals surface area contributed by atoms with Crippen LogP contribution in [0.3, 0.4) is 0 Å². The van der Waals surface area contributed by atoms with Crippen molar-refractivity contribution < 1.29 is 17.0 Å². The van der Waals surface area contributed by atoms with Crippen molar-refractivity contribution in [3.8, 4) is 0 Å². The van der Waals surface area contributed by atoms with Crippen LogP contribution in [0.25, 0.3) is 10.9 Å². The molecule has 0 unspecified atom stereocenters. The van der Waals surface area contributed by atoms with Gasteiger partial charge in [0.2, 0.25) is 0 Å². The van der Waals surface area contributed by atoms with Crippen LogP contribution in [0.1, 0.15) is 11.1 Å². The predicted molar refractivity (Wildman–Crippen MR) is 86.9 cm³/mol. The van der Waals surface area contributed by atoms with E-state index in [1.165, 1.54) is 26.7 Å². The standard InChI is InChI=1S/C16H21N5.V/c1-12-8-14-15(9-13(12)2)19-18-10-16(14)21-6-4-20(5-7-21)11-17-3;/h8-10,17H,4-7H2,1-3H3;. The van der Waals surface area contributed by atoms with Crippen molar-refractivity contribution >= 4 is 21.1 Å². The molecule has 1 aromatic heterocycles. The van der Waals surface area contributed by atoms with E-state index in [0.717, 1.165) is 31.7 Å². The molecule has 1 aliphatic heterocycles. The van der Waals surface area contributed by atoms with Crippen molar-refractivity contribution in [1.29, 1.82) is 0 Å². The number of nitrogens with zero attached hydrogens (tertiary/aromatic N) is 4. The van der Waals surface area contributed by atoms with Crippen LogP contribution in [0.4, 0.5) is 5.69 Å². The quantitative estimate of drug-likeness (QED) is 0.915. The first-order valence-corrected chi connectivity index (χ1v) is 8.26. The third-order valence-electron chi connectivity index (χ3n) is 4.38. The zero-order valence-corrected chi connectivity index (χ0v) is 14.7. The van der Waals surface area contributed by atoms with Crippen molar-refractivity contribution in [2.75, 3.05) is 38.1 Å². The third kappa shape index (κ3) is 2.94. The molecule has 3 rings (SSSR count). The predicted octanol–water partition coefficient (Wildman–Crippen LogP) is 1.22. The van der Waals surface area contributed by atoms with Crippen molar-refractivity contribution in [2.45, 2.75) is 13.8 Å². The van der Waals surface area contributed by atoms with Crippen molar-refractivity contribution in [3.63, 3.8) is 0 Å². The van der Waals surface area contributed by atoms with Gasteiger partial charge in [-0.2, -0.15) is 0 Å². The van der Waals surface area contributed by atoms with Gasteiger partial charge in [-0.15, -0.1) is 0 Å². The summed E-state index contributed by atoms with van der Waals surface area (Å²) < 4.78 is 1.18. The Kier molecular flexibility index (Phi) is 4.59. The molecule has 0 saturated carbocycles. The fourth-order valence-corrected chi connectivity index (χ4v) is 3.19. The minimum atomic E-state index is 0.984. The molecule has 1 fully saturated rings. The van der Waals surface area contributed by atoms with E-state index in [-0.39, 0.29) is 0 Å². The first kappa shape index (κ1) is 15.6. The molecule has 0 atom stereocenters. The Bertz CT molecular complexity index is 707. The van der Waals surface area contributed by atoms with Gasteiger partial charge >= 0.3 is 140 Å². The van der Waals surface area contributed by atoms with E-state index in [1.807, 2.05) is 13.2 Å². The SMILES string of the molecule is CN[C](=[V])N1CCN(c2cnnc3cc(C)c(C)cc23)CC1. The number of nitrogens with one attached hydrogen (secondary N) is 1. The summed E-state index contributed by atoms with van der Waals surface area (Å²) in [6.45, 7) is 8.29. The van der Waals surface area contributed by atoms with E-state index in [9.17, 15) is 0 Å². The summed E-state index contributed by atoms with van der Waals surface area (Å²) in [7, 11) is 1.96. The molecular formula is C16H21N5V. The Balaban J connectivity index is 1.88. The van der Waals surface area contributed by atoms with E-state index in [2.05, 4.69) is 68.3 Å². The van der Waals surface area contributed by atoms with E-state index in [1.54, 1.807) is 0 Å². The molecule has 1 aliphatic rings. The summed E-state index contributed by atoms with van der Waals surface area (Å²) in [5.74, 6) is 0. The zero-order chi connectivity index (χ0) is 15.7. The van der Waals surface area contributed by atoms with Gasteiger partial charge in [-0.3, -0.25) is 0 Å². The number of benzene rings is 1. The average Bonchev–Trinajstić information content (AvgIpc) is 2.55. The summed E-state index contributed by atoms with van der Waals surface area (Å²) in [5.41, 5.74) is 4.75. The van der Waals surface area contributed by atoms with Crippen LogP contribution in [-0.4, -0.2) is 52.8 Å². The molecule has 0 aliphatic carbocycles. The van der Waals surface area contributed by atoms with Crippen molar-refractivity contribution in [2.24, 2.45) is 0 Å². The molecule has 2 aromatic rings. The Morgan fingerprint density at radius 3 is 2.50 bits per heavy atom. The van der Waals surface area contributed by atoms with E-state index in [0.29, 0.717) is 0 Å². The molecule has 0 spiro atoms. The van der Waals surface area contributed by atoms with Gasteiger partial charge in [0.15, 0.2) is 0 Å². The van der Waals surface area contributed by atoms with Crippen LogP contribution >= 0.6 is 0 Å². The number of hydrogen-bond donors (Lipinski definition) is 1. The van der Waals surface area contributed by atoms with E-state index < -0.39 is 0 Å². The fourth-order valence-electron chi connectivity index (χ4n) is 2.87. The minimum absolute atomic E-state index is 0.984. The zero-order valence-electron chi connectivity index (χ0n) is 13.3. The van der Waals surface area contributed by atoms with Crippen LogP contribution in [0.2, 0.25) is 0 Å². The summed E-state index contributed by atoms with van der Waals surface area (Å²) >= 11 is 2.61. The molecule has 1 saturated heterocycles. The van der Waals surface area contributed by atoms with Gasteiger partial charge in [-0.25, -0.2) is 0 Å². The first-order chi connectivity index (χ1) is 10.6. The molecule has 6 heteroatoms. The van der Waals surface area contributed by atoms with Crippen molar-refractivity contribution in [1.82, 2.24) is 20.4 Å². The molecule has 115 valence electrons.